The van der Waals surface area contributed by atoms with Gasteiger partial charge in [0.15, 0.2) is 16.3 Å². The number of rotatable bonds is 6. The number of amides is 1. The second-order valence-corrected chi connectivity index (χ2v) is 5.92. The fourth-order valence-electron chi connectivity index (χ4n) is 2.14. The van der Waals surface area contributed by atoms with E-state index in [1.807, 2.05) is 19.1 Å². The van der Waals surface area contributed by atoms with E-state index >= 15 is 0 Å². The number of carbonyl (C=O) groups is 1. The van der Waals surface area contributed by atoms with Crippen LogP contribution in [0.25, 0.3) is 11.2 Å². The molecule has 0 atom stereocenters. The van der Waals surface area contributed by atoms with Gasteiger partial charge in [0.25, 0.3) is 5.56 Å². The number of nitrogens with two attached hydrogens (primary N) is 1. The number of carbonyl (C=O) groups excluding carboxylic acids is 1. The lowest BCUT2D eigenvalue weighted by molar-refractivity contribution is -0.113. The van der Waals surface area contributed by atoms with Gasteiger partial charge in [0.05, 0.1) is 18.0 Å². The molecule has 0 saturated heterocycles. The summed E-state index contributed by atoms with van der Waals surface area (Å²) in [5.41, 5.74) is 6.11. The molecule has 0 aliphatic carbocycles. The highest BCUT2D eigenvalue weighted by Crippen LogP contribution is 2.24. The molecular formula is C15H17ClN6O3S. The Morgan fingerprint density at radius 2 is 2.08 bits per heavy atom. The van der Waals surface area contributed by atoms with Crippen LogP contribution in [-0.2, 0) is 4.79 Å². The fourth-order valence-corrected chi connectivity index (χ4v) is 2.81. The highest BCUT2D eigenvalue weighted by molar-refractivity contribution is 7.99. The van der Waals surface area contributed by atoms with Crippen LogP contribution in [0.15, 0.2) is 34.2 Å². The van der Waals surface area contributed by atoms with E-state index in [0.29, 0.717) is 23.2 Å². The first kappa shape index (κ1) is 19.6. The summed E-state index contributed by atoms with van der Waals surface area (Å²) >= 11 is 1.15. The average Bonchev–Trinajstić information content (AvgIpc) is 2.98. The normalized spacial score (nSPS) is 10.3. The van der Waals surface area contributed by atoms with Crippen LogP contribution in [0.2, 0.25) is 0 Å². The zero-order valence-corrected chi connectivity index (χ0v) is 15.4. The van der Waals surface area contributed by atoms with E-state index in [1.165, 1.54) is 0 Å². The Bertz CT molecular complexity index is 973. The minimum atomic E-state index is -0.406. The second-order valence-electron chi connectivity index (χ2n) is 4.96. The molecule has 0 fully saturated rings. The molecular weight excluding hydrogens is 380 g/mol. The van der Waals surface area contributed by atoms with Gasteiger partial charge in [-0.05, 0) is 19.1 Å². The Labute approximate surface area is 158 Å². The van der Waals surface area contributed by atoms with Crippen LogP contribution < -0.4 is 21.3 Å². The topological polar surface area (TPSA) is 139 Å². The molecule has 0 aliphatic rings. The monoisotopic (exact) mass is 396 g/mol. The summed E-state index contributed by atoms with van der Waals surface area (Å²) in [7, 11) is 0. The van der Waals surface area contributed by atoms with Gasteiger partial charge in [-0.1, -0.05) is 23.9 Å². The minimum absolute atomic E-state index is 0. The fraction of sp³-hybridized carbons (Fsp3) is 0.200. The Hall–Kier alpha value is -2.72. The molecule has 0 radical (unpaired) electrons. The van der Waals surface area contributed by atoms with Crippen LogP contribution >= 0.6 is 24.2 Å². The Morgan fingerprint density at radius 1 is 1.31 bits per heavy atom. The molecule has 0 spiro atoms. The molecule has 2 aromatic heterocycles. The van der Waals surface area contributed by atoms with Crippen LogP contribution in [0.5, 0.6) is 5.75 Å². The SMILES string of the molecule is CCOc1ccccc1NC(=O)CSc1nc2nc(N)[nH]c(=O)c2[nH]1.Cl. The number of nitrogens with one attached hydrogen (secondary N) is 3. The van der Waals surface area contributed by atoms with Gasteiger partial charge < -0.3 is 20.8 Å². The number of anilines is 2. The molecule has 1 aromatic carbocycles. The molecule has 3 aromatic rings. The molecule has 26 heavy (non-hydrogen) atoms. The number of hydrogen-bond donors (Lipinski definition) is 4. The van der Waals surface area contributed by atoms with Crippen molar-refractivity contribution in [2.75, 3.05) is 23.4 Å². The Balaban J connectivity index is 0.00000243. The largest absolute Gasteiger partial charge is 0.492 e. The first-order valence-electron chi connectivity index (χ1n) is 7.46. The molecule has 1 amide bonds. The van der Waals surface area contributed by atoms with Gasteiger partial charge in [-0.3, -0.25) is 14.6 Å². The van der Waals surface area contributed by atoms with Crippen LogP contribution in [0.4, 0.5) is 11.6 Å². The lowest BCUT2D eigenvalue weighted by Gasteiger charge is -2.10. The standard InChI is InChI=1S/C15H16N6O3S.ClH/c1-2-24-9-6-4-3-5-8(9)17-10(22)7-25-15-18-11-12(20-15)19-14(16)21-13(11)23;/h3-6H,2,7H2,1H3,(H,17,22)(H4,16,18,19,20,21,23);1H. The quantitative estimate of drug-likeness (QED) is 0.465. The maximum absolute atomic E-state index is 12.1. The molecule has 5 N–H and O–H groups in total. The molecule has 0 saturated carbocycles. The van der Waals surface area contributed by atoms with Gasteiger partial charge in [0.1, 0.15) is 5.75 Å². The second kappa shape index (κ2) is 8.59. The predicted molar refractivity (Wildman–Crippen MR) is 103 cm³/mol. The molecule has 11 heteroatoms. The predicted octanol–water partition coefficient (Wildman–Crippen LogP) is 1.78. The number of thioether (sulfide) groups is 1. The number of para-hydroxylation sites is 2. The third kappa shape index (κ3) is 4.46. The van der Waals surface area contributed by atoms with Gasteiger partial charge in [-0.15, -0.1) is 12.4 Å². The van der Waals surface area contributed by atoms with Crippen molar-refractivity contribution in [2.24, 2.45) is 0 Å². The lowest BCUT2D eigenvalue weighted by atomic mass is 10.3. The summed E-state index contributed by atoms with van der Waals surface area (Å²) < 4.78 is 5.47. The summed E-state index contributed by atoms with van der Waals surface area (Å²) in [6.07, 6.45) is 0. The van der Waals surface area contributed by atoms with Crippen molar-refractivity contribution in [3.05, 3.63) is 34.6 Å². The van der Waals surface area contributed by atoms with E-state index in [0.717, 1.165) is 11.8 Å². The van der Waals surface area contributed by atoms with Gasteiger partial charge in [-0.25, -0.2) is 4.98 Å². The lowest BCUT2D eigenvalue weighted by Crippen LogP contribution is -2.15. The summed E-state index contributed by atoms with van der Waals surface area (Å²) in [6, 6.07) is 7.20. The molecule has 9 nitrogen and oxygen atoms in total. The van der Waals surface area contributed by atoms with E-state index in [2.05, 4.69) is 25.3 Å². The number of ether oxygens (including phenoxy) is 1. The maximum atomic E-state index is 12.1. The van der Waals surface area contributed by atoms with Crippen LogP contribution in [0, 0.1) is 0 Å². The highest BCUT2D eigenvalue weighted by atomic mass is 35.5. The summed E-state index contributed by atoms with van der Waals surface area (Å²) in [6.45, 7) is 2.38. The van der Waals surface area contributed by atoms with Crippen molar-refractivity contribution >= 4 is 52.9 Å². The number of H-pyrrole nitrogens is 2. The number of fused-ring (bicyclic) bond motifs is 1. The maximum Gasteiger partial charge on any atom is 0.278 e. The van der Waals surface area contributed by atoms with Crippen molar-refractivity contribution < 1.29 is 9.53 Å². The van der Waals surface area contributed by atoms with Crippen molar-refractivity contribution in [2.45, 2.75) is 12.1 Å². The van der Waals surface area contributed by atoms with Crippen molar-refractivity contribution in [1.82, 2.24) is 19.9 Å². The third-order valence-corrected chi connectivity index (χ3v) is 4.03. The zero-order chi connectivity index (χ0) is 17.8. The van der Waals surface area contributed by atoms with Gasteiger partial charge in [0, 0.05) is 0 Å². The van der Waals surface area contributed by atoms with Crippen molar-refractivity contribution in [3.63, 3.8) is 0 Å². The van der Waals surface area contributed by atoms with E-state index < -0.39 is 5.56 Å². The average molecular weight is 397 g/mol. The smallest absolute Gasteiger partial charge is 0.278 e. The van der Waals surface area contributed by atoms with E-state index in [4.69, 9.17) is 10.5 Å². The number of imidazole rings is 1. The molecule has 3 rings (SSSR count). The number of aromatic nitrogens is 4. The third-order valence-electron chi connectivity index (χ3n) is 3.16. The number of halogens is 1. The minimum Gasteiger partial charge on any atom is -0.492 e. The summed E-state index contributed by atoms with van der Waals surface area (Å²) in [4.78, 5) is 37.2. The van der Waals surface area contributed by atoms with Gasteiger partial charge in [-0.2, -0.15) is 4.98 Å². The van der Waals surface area contributed by atoms with Crippen LogP contribution in [0.3, 0.4) is 0 Å². The van der Waals surface area contributed by atoms with E-state index in [9.17, 15) is 9.59 Å². The number of benzene rings is 1. The van der Waals surface area contributed by atoms with E-state index in [1.54, 1.807) is 12.1 Å². The van der Waals surface area contributed by atoms with Crippen molar-refractivity contribution in [1.29, 1.82) is 0 Å². The summed E-state index contributed by atoms with van der Waals surface area (Å²) in [5.74, 6) is 0.483. The van der Waals surface area contributed by atoms with Crippen molar-refractivity contribution in [3.8, 4) is 5.75 Å². The highest BCUT2D eigenvalue weighted by Gasteiger charge is 2.12. The molecule has 0 bridgehead atoms. The van der Waals surface area contributed by atoms with Gasteiger partial charge in [0.2, 0.25) is 11.9 Å². The first-order chi connectivity index (χ1) is 12.1. The zero-order valence-electron chi connectivity index (χ0n) is 13.7. The van der Waals surface area contributed by atoms with Crippen LogP contribution in [0.1, 0.15) is 6.92 Å². The first-order valence-corrected chi connectivity index (χ1v) is 8.45. The molecule has 0 unspecified atom stereocenters. The molecule has 138 valence electrons. The van der Waals surface area contributed by atoms with E-state index in [-0.39, 0.29) is 41.2 Å². The van der Waals surface area contributed by atoms with Crippen LogP contribution in [-0.4, -0.2) is 38.2 Å². The molecule has 2 heterocycles. The van der Waals surface area contributed by atoms with Gasteiger partial charge >= 0.3 is 0 Å². The number of nitrogen functional groups attached to an aromatic ring is 1. The summed E-state index contributed by atoms with van der Waals surface area (Å²) in [5, 5.41) is 3.20. The Morgan fingerprint density at radius 3 is 2.85 bits per heavy atom. The molecule has 0 aliphatic heterocycles. The number of nitrogens with zero attached hydrogens (tertiary/aromatic N) is 2. The number of aromatic amines is 2. The Kier molecular flexibility index (Phi) is 6.47. The number of hydrogen-bond acceptors (Lipinski definition) is 7.